The molecule has 5 heteroatoms. The Labute approximate surface area is 109 Å². The van der Waals surface area contributed by atoms with E-state index < -0.39 is 5.97 Å². The molecule has 1 aromatic heterocycles. The van der Waals surface area contributed by atoms with Gasteiger partial charge >= 0.3 is 5.97 Å². The highest BCUT2D eigenvalue weighted by Crippen LogP contribution is 2.28. The topological polar surface area (TPSA) is 83.2 Å². The summed E-state index contributed by atoms with van der Waals surface area (Å²) in [7, 11) is 0. The zero-order chi connectivity index (χ0) is 13.8. The lowest BCUT2D eigenvalue weighted by atomic mass is 10.1. The number of nitriles is 1. The number of nitrogens with zero attached hydrogens (tertiary/aromatic N) is 2. The second-order valence-electron chi connectivity index (χ2n) is 3.82. The molecule has 94 valence electrons. The molecule has 0 atom stereocenters. The number of aromatic carboxylic acids is 1. The average molecular weight is 254 g/mol. The molecule has 0 aliphatic rings. The number of carbonyl (C=O) groups is 1. The molecule has 0 amide bonds. The third-order valence-electron chi connectivity index (χ3n) is 2.64. The van der Waals surface area contributed by atoms with Crippen molar-refractivity contribution >= 4 is 5.97 Å². The van der Waals surface area contributed by atoms with Crippen LogP contribution in [-0.2, 0) is 0 Å². The fourth-order valence-electron chi connectivity index (χ4n) is 1.63. The Kier molecular flexibility index (Phi) is 3.44. The Balaban J connectivity index is 2.42. The van der Waals surface area contributed by atoms with Gasteiger partial charge in [-0.3, -0.25) is 4.98 Å². The zero-order valence-corrected chi connectivity index (χ0v) is 10.1. The van der Waals surface area contributed by atoms with E-state index in [2.05, 4.69) is 4.98 Å². The van der Waals surface area contributed by atoms with E-state index >= 15 is 0 Å². The lowest BCUT2D eigenvalue weighted by Gasteiger charge is -2.10. The smallest absolute Gasteiger partial charge is 0.336 e. The van der Waals surface area contributed by atoms with Gasteiger partial charge < -0.3 is 9.84 Å². The van der Waals surface area contributed by atoms with Crippen LogP contribution in [0.3, 0.4) is 0 Å². The highest BCUT2D eigenvalue weighted by molar-refractivity contribution is 5.90. The van der Waals surface area contributed by atoms with E-state index in [4.69, 9.17) is 15.1 Å². The van der Waals surface area contributed by atoms with E-state index in [1.165, 1.54) is 24.5 Å². The van der Waals surface area contributed by atoms with E-state index in [1.807, 2.05) is 6.07 Å². The van der Waals surface area contributed by atoms with Gasteiger partial charge in [0.1, 0.15) is 11.8 Å². The van der Waals surface area contributed by atoms with Gasteiger partial charge in [0.15, 0.2) is 5.75 Å². The van der Waals surface area contributed by atoms with Crippen LogP contribution in [0.2, 0.25) is 0 Å². The maximum Gasteiger partial charge on any atom is 0.336 e. The summed E-state index contributed by atoms with van der Waals surface area (Å²) in [5.74, 6) is -0.324. The average Bonchev–Trinajstić information content (AvgIpc) is 2.41. The highest BCUT2D eigenvalue weighted by Gasteiger charge is 2.12. The van der Waals surface area contributed by atoms with Crippen molar-refractivity contribution in [3.8, 4) is 17.6 Å². The summed E-state index contributed by atoms with van der Waals surface area (Å²) in [5.41, 5.74) is 1.01. The number of rotatable bonds is 3. The molecule has 0 unspecified atom stereocenters. The molecule has 19 heavy (non-hydrogen) atoms. The van der Waals surface area contributed by atoms with E-state index in [-0.39, 0.29) is 5.56 Å². The lowest BCUT2D eigenvalue weighted by molar-refractivity contribution is 0.0695. The number of carboxylic acids is 1. The number of aromatic nitrogens is 1. The number of pyridine rings is 1. The molecular weight excluding hydrogens is 244 g/mol. The predicted molar refractivity (Wildman–Crippen MR) is 67.2 cm³/mol. The van der Waals surface area contributed by atoms with Crippen molar-refractivity contribution in [2.45, 2.75) is 6.92 Å². The fourth-order valence-corrected chi connectivity index (χ4v) is 1.63. The summed E-state index contributed by atoms with van der Waals surface area (Å²) in [6.45, 7) is 1.65. The molecular formula is C14H10N2O3. The number of ether oxygens (including phenoxy) is 1. The maximum absolute atomic E-state index is 11.0. The molecule has 0 saturated carbocycles. The molecule has 0 bridgehead atoms. The molecule has 0 fully saturated rings. The predicted octanol–water partition coefficient (Wildman–Crippen LogP) is 2.75. The summed E-state index contributed by atoms with van der Waals surface area (Å²) >= 11 is 0. The van der Waals surface area contributed by atoms with Gasteiger partial charge in [-0.25, -0.2) is 4.79 Å². The second-order valence-corrected chi connectivity index (χ2v) is 3.82. The van der Waals surface area contributed by atoms with Crippen LogP contribution in [-0.4, -0.2) is 16.1 Å². The van der Waals surface area contributed by atoms with Crippen LogP contribution in [0.5, 0.6) is 11.5 Å². The zero-order valence-electron chi connectivity index (χ0n) is 10.1. The Hall–Kier alpha value is -2.87. The first-order chi connectivity index (χ1) is 9.13. The van der Waals surface area contributed by atoms with Gasteiger partial charge in [0.2, 0.25) is 0 Å². The second kappa shape index (κ2) is 5.19. The molecule has 0 aliphatic heterocycles. The van der Waals surface area contributed by atoms with Crippen molar-refractivity contribution in [3.63, 3.8) is 0 Å². The molecule has 0 saturated heterocycles. The normalized spacial score (nSPS) is 9.68. The van der Waals surface area contributed by atoms with Gasteiger partial charge in [-0.1, -0.05) is 6.07 Å². The number of hydrogen-bond donors (Lipinski definition) is 1. The van der Waals surface area contributed by atoms with Crippen molar-refractivity contribution < 1.29 is 14.6 Å². The van der Waals surface area contributed by atoms with Crippen LogP contribution in [0, 0.1) is 18.3 Å². The van der Waals surface area contributed by atoms with Gasteiger partial charge in [-0.15, -0.1) is 0 Å². The summed E-state index contributed by atoms with van der Waals surface area (Å²) in [6.07, 6.45) is 2.91. The van der Waals surface area contributed by atoms with Crippen LogP contribution in [0.25, 0.3) is 0 Å². The number of benzene rings is 1. The third-order valence-corrected chi connectivity index (χ3v) is 2.64. The SMILES string of the molecule is Cc1c(Oc2cnccc2C#N)cccc1C(=O)O. The quantitative estimate of drug-likeness (QED) is 0.910. The number of carboxylic acid groups (broad SMARTS) is 1. The molecule has 2 rings (SSSR count). The van der Waals surface area contributed by atoms with Crippen molar-refractivity contribution in [2.75, 3.05) is 0 Å². The minimum atomic E-state index is -1.02. The lowest BCUT2D eigenvalue weighted by Crippen LogP contribution is -2.01. The van der Waals surface area contributed by atoms with Gasteiger partial charge in [0.05, 0.1) is 17.3 Å². The number of hydrogen-bond acceptors (Lipinski definition) is 4. The summed E-state index contributed by atoms with van der Waals surface area (Å²) < 4.78 is 5.57. The van der Waals surface area contributed by atoms with Gasteiger partial charge in [-0.2, -0.15) is 5.26 Å². The highest BCUT2D eigenvalue weighted by atomic mass is 16.5. The first kappa shape index (κ1) is 12.6. The Morgan fingerprint density at radius 3 is 2.84 bits per heavy atom. The molecule has 1 heterocycles. The van der Waals surface area contributed by atoms with Crippen LogP contribution in [0.4, 0.5) is 0 Å². The molecule has 0 aliphatic carbocycles. The molecule has 2 aromatic rings. The Bertz CT molecular complexity index is 675. The van der Waals surface area contributed by atoms with Crippen LogP contribution < -0.4 is 4.74 Å². The van der Waals surface area contributed by atoms with E-state index in [1.54, 1.807) is 19.1 Å². The first-order valence-corrected chi connectivity index (χ1v) is 5.48. The van der Waals surface area contributed by atoms with Gasteiger partial charge in [0.25, 0.3) is 0 Å². The summed E-state index contributed by atoms with van der Waals surface area (Å²) in [5, 5.41) is 18.0. The standard InChI is InChI=1S/C14H10N2O3/c1-9-11(14(17)18)3-2-4-12(9)19-13-8-16-6-5-10(13)7-15/h2-6,8H,1H3,(H,17,18). The van der Waals surface area contributed by atoms with Crippen LogP contribution >= 0.6 is 0 Å². The Morgan fingerprint density at radius 1 is 1.37 bits per heavy atom. The summed E-state index contributed by atoms with van der Waals surface area (Å²) in [6, 6.07) is 8.26. The molecule has 5 nitrogen and oxygen atoms in total. The molecule has 0 spiro atoms. The van der Waals surface area contributed by atoms with Crippen LogP contribution in [0.15, 0.2) is 36.7 Å². The summed E-state index contributed by atoms with van der Waals surface area (Å²) in [4.78, 5) is 14.9. The minimum absolute atomic E-state index is 0.167. The van der Waals surface area contributed by atoms with Gasteiger partial charge in [-0.05, 0) is 25.1 Å². The largest absolute Gasteiger partial charge is 0.478 e. The molecule has 1 N–H and O–H groups in total. The van der Waals surface area contributed by atoms with Crippen LogP contribution in [0.1, 0.15) is 21.5 Å². The first-order valence-electron chi connectivity index (χ1n) is 5.48. The van der Waals surface area contributed by atoms with E-state index in [9.17, 15) is 4.79 Å². The maximum atomic E-state index is 11.0. The van der Waals surface area contributed by atoms with Crippen molar-refractivity contribution in [3.05, 3.63) is 53.3 Å². The Morgan fingerprint density at radius 2 is 2.16 bits per heavy atom. The van der Waals surface area contributed by atoms with Gasteiger partial charge in [0, 0.05) is 11.8 Å². The fraction of sp³-hybridized carbons (Fsp3) is 0.0714. The van der Waals surface area contributed by atoms with Crippen molar-refractivity contribution in [1.29, 1.82) is 5.26 Å². The molecule has 1 aromatic carbocycles. The monoisotopic (exact) mass is 254 g/mol. The molecule has 0 radical (unpaired) electrons. The van der Waals surface area contributed by atoms with Crippen molar-refractivity contribution in [2.24, 2.45) is 0 Å². The van der Waals surface area contributed by atoms with E-state index in [0.29, 0.717) is 22.6 Å². The minimum Gasteiger partial charge on any atom is -0.478 e. The third kappa shape index (κ3) is 2.53. The van der Waals surface area contributed by atoms with E-state index in [0.717, 1.165) is 0 Å². The van der Waals surface area contributed by atoms with Crippen molar-refractivity contribution in [1.82, 2.24) is 4.98 Å².